The van der Waals surface area contributed by atoms with Gasteiger partial charge in [-0.3, -0.25) is 0 Å². The standard InChI is InChI=1S/C7H10N2/c1-4-9-5-6(2)8-7(9)3/h4-5H,1H2,2-3H3. The van der Waals surface area contributed by atoms with Crippen LogP contribution in [0.2, 0.25) is 0 Å². The monoisotopic (exact) mass is 122 g/mol. The summed E-state index contributed by atoms with van der Waals surface area (Å²) in [7, 11) is 0. The van der Waals surface area contributed by atoms with Gasteiger partial charge in [-0.15, -0.1) is 0 Å². The fourth-order valence-corrected chi connectivity index (χ4v) is 0.821. The van der Waals surface area contributed by atoms with Gasteiger partial charge < -0.3 is 4.57 Å². The van der Waals surface area contributed by atoms with Crippen LogP contribution in [0.25, 0.3) is 6.20 Å². The first-order valence-corrected chi connectivity index (χ1v) is 2.88. The quantitative estimate of drug-likeness (QED) is 0.553. The molecule has 2 nitrogen and oxygen atoms in total. The molecule has 0 atom stereocenters. The number of nitrogens with zero attached hydrogens (tertiary/aromatic N) is 2. The molecule has 0 aromatic carbocycles. The Morgan fingerprint density at radius 3 is 2.56 bits per heavy atom. The molecule has 0 saturated carbocycles. The molecule has 1 heterocycles. The van der Waals surface area contributed by atoms with E-state index in [1.165, 1.54) is 0 Å². The Labute approximate surface area is 54.8 Å². The van der Waals surface area contributed by atoms with E-state index in [4.69, 9.17) is 0 Å². The van der Waals surface area contributed by atoms with Gasteiger partial charge in [0.2, 0.25) is 0 Å². The highest BCUT2D eigenvalue weighted by atomic mass is 15.0. The number of hydrogen-bond donors (Lipinski definition) is 0. The Kier molecular flexibility index (Phi) is 1.39. The summed E-state index contributed by atoms with van der Waals surface area (Å²) in [5.41, 5.74) is 1.03. The molecule has 0 aliphatic rings. The number of imidazole rings is 1. The van der Waals surface area contributed by atoms with Crippen molar-refractivity contribution in [3.8, 4) is 0 Å². The Morgan fingerprint density at radius 2 is 2.33 bits per heavy atom. The zero-order chi connectivity index (χ0) is 6.85. The molecule has 0 N–H and O–H groups in total. The average molecular weight is 122 g/mol. The molecule has 9 heavy (non-hydrogen) atoms. The van der Waals surface area contributed by atoms with E-state index in [1.54, 1.807) is 6.20 Å². The molecule has 1 rings (SSSR count). The van der Waals surface area contributed by atoms with Crippen molar-refractivity contribution in [1.29, 1.82) is 0 Å². The van der Waals surface area contributed by atoms with E-state index in [-0.39, 0.29) is 0 Å². The summed E-state index contributed by atoms with van der Waals surface area (Å²) >= 11 is 0. The van der Waals surface area contributed by atoms with Gasteiger partial charge >= 0.3 is 0 Å². The van der Waals surface area contributed by atoms with Crippen molar-refractivity contribution in [2.75, 3.05) is 0 Å². The largest absolute Gasteiger partial charge is 0.311 e. The summed E-state index contributed by atoms with van der Waals surface area (Å²) < 4.78 is 1.90. The maximum Gasteiger partial charge on any atom is 0.109 e. The summed E-state index contributed by atoms with van der Waals surface area (Å²) in [5.74, 6) is 0.988. The highest BCUT2D eigenvalue weighted by Crippen LogP contribution is 1.99. The first-order chi connectivity index (χ1) is 4.24. The van der Waals surface area contributed by atoms with Crippen LogP contribution in [0, 0.1) is 13.8 Å². The lowest BCUT2D eigenvalue weighted by Crippen LogP contribution is -1.84. The second-order valence-electron chi connectivity index (χ2n) is 2.02. The van der Waals surface area contributed by atoms with Crippen molar-refractivity contribution in [3.05, 3.63) is 24.3 Å². The van der Waals surface area contributed by atoms with Crippen LogP contribution in [0.5, 0.6) is 0 Å². The fraction of sp³-hybridized carbons (Fsp3) is 0.286. The summed E-state index contributed by atoms with van der Waals surface area (Å²) in [6, 6.07) is 0. The van der Waals surface area contributed by atoms with Crippen molar-refractivity contribution in [3.63, 3.8) is 0 Å². The van der Waals surface area contributed by atoms with Gasteiger partial charge in [-0.2, -0.15) is 0 Å². The molecule has 2 heteroatoms. The highest BCUT2D eigenvalue weighted by molar-refractivity contribution is 5.21. The minimum Gasteiger partial charge on any atom is -0.311 e. The Morgan fingerprint density at radius 1 is 1.67 bits per heavy atom. The maximum atomic E-state index is 4.17. The van der Waals surface area contributed by atoms with Gasteiger partial charge in [-0.1, -0.05) is 6.58 Å². The third kappa shape index (κ3) is 1.02. The SMILES string of the molecule is C=Cn1cc(C)nc1C. The second kappa shape index (κ2) is 2.05. The predicted octanol–water partition coefficient (Wildman–Crippen LogP) is 1.60. The molecule has 1 aromatic rings. The molecule has 0 unspecified atom stereocenters. The lowest BCUT2D eigenvalue weighted by atomic mass is 10.6. The van der Waals surface area contributed by atoms with Crippen LogP contribution in [0.4, 0.5) is 0 Å². The van der Waals surface area contributed by atoms with Crippen LogP contribution < -0.4 is 0 Å². The molecule has 0 aliphatic carbocycles. The first kappa shape index (κ1) is 6.08. The molecule has 0 bridgehead atoms. The number of aryl methyl sites for hydroxylation is 2. The predicted molar refractivity (Wildman–Crippen MR) is 38.1 cm³/mol. The summed E-state index contributed by atoms with van der Waals surface area (Å²) in [5, 5.41) is 0. The van der Waals surface area contributed by atoms with Crippen molar-refractivity contribution < 1.29 is 0 Å². The van der Waals surface area contributed by atoms with Crippen LogP contribution in [-0.2, 0) is 0 Å². The molecule has 0 radical (unpaired) electrons. The summed E-state index contributed by atoms with van der Waals surface area (Å²) in [6.07, 6.45) is 3.69. The third-order valence-electron chi connectivity index (χ3n) is 1.23. The van der Waals surface area contributed by atoms with E-state index in [0.29, 0.717) is 0 Å². The maximum absolute atomic E-state index is 4.17. The van der Waals surface area contributed by atoms with Crippen LogP contribution in [0.3, 0.4) is 0 Å². The van der Waals surface area contributed by atoms with E-state index in [1.807, 2.05) is 24.6 Å². The number of hydrogen-bond acceptors (Lipinski definition) is 1. The van der Waals surface area contributed by atoms with Gasteiger partial charge in [0, 0.05) is 12.4 Å². The highest BCUT2D eigenvalue weighted by Gasteiger charge is 1.93. The normalized spacial score (nSPS) is 9.56. The first-order valence-electron chi connectivity index (χ1n) is 2.88. The van der Waals surface area contributed by atoms with Crippen molar-refractivity contribution in [2.24, 2.45) is 0 Å². The van der Waals surface area contributed by atoms with E-state index >= 15 is 0 Å². The molecule has 0 saturated heterocycles. The van der Waals surface area contributed by atoms with Gasteiger partial charge in [-0.25, -0.2) is 4.98 Å². The van der Waals surface area contributed by atoms with Gasteiger partial charge in [0.15, 0.2) is 0 Å². The van der Waals surface area contributed by atoms with Crippen LogP contribution in [-0.4, -0.2) is 9.55 Å². The average Bonchev–Trinajstić information content (AvgIpc) is 2.10. The molecule has 1 aromatic heterocycles. The van der Waals surface area contributed by atoms with Gasteiger partial charge in [0.25, 0.3) is 0 Å². The number of aromatic nitrogens is 2. The Bertz CT molecular complexity index is 223. The fourth-order valence-electron chi connectivity index (χ4n) is 0.821. The second-order valence-corrected chi connectivity index (χ2v) is 2.02. The number of rotatable bonds is 1. The molecular formula is C7H10N2. The zero-order valence-electron chi connectivity index (χ0n) is 5.76. The van der Waals surface area contributed by atoms with E-state index in [0.717, 1.165) is 11.5 Å². The summed E-state index contributed by atoms with van der Waals surface area (Å²) in [6.45, 7) is 7.55. The minimum absolute atomic E-state index is 0.988. The Balaban J connectivity index is 3.15. The van der Waals surface area contributed by atoms with Gasteiger partial charge in [0.05, 0.1) is 5.69 Å². The smallest absolute Gasteiger partial charge is 0.109 e. The van der Waals surface area contributed by atoms with Gasteiger partial charge in [0.1, 0.15) is 5.82 Å². The molecule has 0 amide bonds. The van der Waals surface area contributed by atoms with Crippen molar-refractivity contribution >= 4 is 6.20 Å². The molecule has 0 fully saturated rings. The zero-order valence-corrected chi connectivity index (χ0v) is 5.76. The van der Waals surface area contributed by atoms with Crippen LogP contribution >= 0.6 is 0 Å². The lowest BCUT2D eigenvalue weighted by Gasteiger charge is -1.90. The van der Waals surface area contributed by atoms with Crippen LogP contribution in [0.1, 0.15) is 11.5 Å². The molecule has 0 spiro atoms. The molecular weight excluding hydrogens is 112 g/mol. The Hall–Kier alpha value is -1.05. The van der Waals surface area contributed by atoms with Gasteiger partial charge in [-0.05, 0) is 13.8 Å². The van der Waals surface area contributed by atoms with Crippen molar-refractivity contribution in [2.45, 2.75) is 13.8 Å². The topological polar surface area (TPSA) is 17.8 Å². The molecule has 48 valence electrons. The van der Waals surface area contributed by atoms with E-state index in [9.17, 15) is 0 Å². The summed E-state index contributed by atoms with van der Waals surface area (Å²) in [4.78, 5) is 4.17. The van der Waals surface area contributed by atoms with Crippen LogP contribution in [0.15, 0.2) is 12.8 Å². The van der Waals surface area contributed by atoms with E-state index < -0.39 is 0 Å². The van der Waals surface area contributed by atoms with Crippen molar-refractivity contribution in [1.82, 2.24) is 9.55 Å². The third-order valence-corrected chi connectivity index (χ3v) is 1.23. The van der Waals surface area contributed by atoms with E-state index in [2.05, 4.69) is 11.6 Å². The minimum atomic E-state index is 0.988. The molecule has 0 aliphatic heterocycles. The lowest BCUT2D eigenvalue weighted by molar-refractivity contribution is 1.03.